The van der Waals surface area contributed by atoms with E-state index in [0.717, 1.165) is 15.8 Å². The molecule has 1 fully saturated rings. The summed E-state index contributed by atoms with van der Waals surface area (Å²) < 4.78 is 42.3. The molecule has 2 heterocycles. The molecule has 1 aliphatic rings. The zero-order valence-corrected chi connectivity index (χ0v) is 23.3. The molecule has 1 unspecified atom stereocenters. The van der Waals surface area contributed by atoms with E-state index in [9.17, 15) is 18.4 Å². The number of nitrogens with zero attached hydrogens (tertiary/aromatic N) is 5. The molecule has 11 heteroatoms. The van der Waals surface area contributed by atoms with Crippen molar-refractivity contribution in [2.75, 3.05) is 17.2 Å². The van der Waals surface area contributed by atoms with Crippen molar-refractivity contribution in [2.24, 2.45) is 5.41 Å². The zero-order chi connectivity index (χ0) is 28.9. The van der Waals surface area contributed by atoms with Crippen molar-refractivity contribution in [2.45, 2.75) is 58.3 Å². The Morgan fingerprint density at radius 2 is 1.90 bits per heavy atom. The van der Waals surface area contributed by atoms with Gasteiger partial charge in [0.05, 0.1) is 34.0 Å². The summed E-state index contributed by atoms with van der Waals surface area (Å²) in [5, 5.41) is 25.7. The molecule has 2 aromatic carbocycles. The van der Waals surface area contributed by atoms with Gasteiger partial charge in [-0.25, -0.2) is 4.68 Å². The lowest BCUT2D eigenvalue weighted by Gasteiger charge is -2.23. The Morgan fingerprint density at radius 3 is 2.52 bits per heavy atom. The molecule has 40 heavy (non-hydrogen) atoms. The number of pyridine rings is 1. The Bertz CT molecular complexity index is 1610. The van der Waals surface area contributed by atoms with Crippen LogP contribution >= 0.6 is 11.6 Å². The number of nitrogens with one attached hydrogen (secondary N) is 2. The molecule has 0 spiro atoms. The van der Waals surface area contributed by atoms with Crippen LogP contribution in [0.25, 0.3) is 10.9 Å². The second kappa shape index (κ2) is 9.97. The SMILES string of the molecule is Cc1ccccc1C(Nc1cc(Cl)c2ncc(C#N)c(NCC(C)(C)C)c2c1)c1cn(C2(C(F)(F)F)CC2)nn1. The van der Waals surface area contributed by atoms with Crippen LogP contribution in [0.5, 0.6) is 0 Å². The molecule has 0 radical (unpaired) electrons. The van der Waals surface area contributed by atoms with Gasteiger partial charge in [-0.1, -0.05) is 61.9 Å². The van der Waals surface area contributed by atoms with Crippen molar-refractivity contribution in [3.63, 3.8) is 0 Å². The third-order valence-corrected chi connectivity index (χ3v) is 7.44. The van der Waals surface area contributed by atoms with Crippen LogP contribution in [0.4, 0.5) is 24.5 Å². The van der Waals surface area contributed by atoms with Crippen molar-refractivity contribution in [3.8, 4) is 6.07 Å². The van der Waals surface area contributed by atoms with Gasteiger partial charge in [-0.05, 0) is 48.4 Å². The minimum absolute atomic E-state index is 0.0272. The van der Waals surface area contributed by atoms with E-state index in [4.69, 9.17) is 11.6 Å². The van der Waals surface area contributed by atoms with E-state index in [-0.39, 0.29) is 18.3 Å². The first-order valence-corrected chi connectivity index (χ1v) is 13.3. The van der Waals surface area contributed by atoms with Crippen LogP contribution in [0.2, 0.25) is 5.02 Å². The van der Waals surface area contributed by atoms with Crippen LogP contribution in [0.15, 0.2) is 48.8 Å². The van der Waals surface area contributed by atoms with E-state index in [1.165, 1.54) is 12.4 Å². The molecule has 208 valence electrons. The number of rotatable bonds is 7. The number of hydrogen-bond acceptors (Lipinski definition) is 6. The number of anilines is 2. The molecule has 1 atom stereocenters. The summed E-state index contributed by atoms with van der Waals surface area (Å²) in [6.45, 7) is 8.78. The molecule has 2 aromatic heterocycles. The fourth-order valence-corrected chi connectivity index (χ4v) is 5.01. The van der Waals surface area contributed by atoms with Gasteiger partial charge in [0.15, 0.2) is 5.54 Å². The predicted octanol–water partition coefficient (Wildman–Crippen LogP) is 7.37. The van der Waals surface area contributed by atoms with E-state index >= 15 is 0 Å². The van der Waals surface area contributed by atoms with E-state index in [1.54, 1.807) is 6.07 Å². The number of alkyl halides is 3. The lowest BCUT2D eigenvalue weighted by atomic mass is 9.96. The van der Waals surface area contributed by atoms with Crippen LogP contribution in [0.1, 0.15) is 62.0 Å². The van der Waals surface area contributed by atoms with Crippen LogP contribution in [-0.4, -0.2) is 32.7 Å². The van der Waals surface area contributed by atoms with Gasteiger partial charge in [0.25, 0.3) is 0 Å². The fourth-order valence-electron chi connectivity index (χ4n) is 4.74. The third-order valence-electron chi connectivity index (χ3n) is 7.15. The van der Waals surface area contributed by atoms with Crippen molar-refractivity contribution in [1.29, 1.82) is 5.26 Å². The molecule has 1 aliphatic carbocycles. The molecule has 1 saturated carbocycles. The van der Waals surface area contributed by atoms with Crippen molar-refractivity contribution >= 4 is 33.9 Å². The Hall–Kier alpha value is -3.84. The molecule has 4 aromatic rings. The van der Waals surface area contributed by atoms with E-state index in [0.29, 0.717) is 45.1 Å². The molecular weight excluding hydrogens is 539 g/mol. The maximum Gasteiger partial charge on any atom is 0.413 e. The van der Waals surface area contributed by atoms with Gasteiger partial charge in [-0.3, -0.25) is 4.98 Å². The highest BCUT2D eigenvalue weighted by molar-refractivity contribution is 6.35. The highest BCUT2D eigenvalue weighted by Gasteiger charge is 2.66. The summed E-state index contributed by atoms with van der Waals surface area (Å²) in [5.74, 6) is 0. The Morgan fingerprint density at radius 1 is 1.18 bits per heavy atom. The predicted molar refractivity (Wildman–Crippen MR) is 149 cm³/mol. The summed E-state index contributed by atoms with van der Waals surface area (Å²) >= 11 is 6.68. The Kier molecular flexibility index (Phi) is 6.91. The van der Waals surface area contributed by atoms with Crippen LogP contribution < -0.4 is 10.6 Å². The number of halogens is 4. The third kappa shape index (κ3) is 5.18. The minimum atomic E-state index is -4.42. The molecular formula is C29H29ClF3N7. The van der Waals surface area contributed by atoms with E-state index in [1.807, 2.05) is 37.3 Å². The molecule has 0 amide bonds. The Labute approximate surface area is 235 Å². The summed E-state index contributed by atoms with van der Waals surface area (Å²) in [5.41, 5.74) is 2.16. The summed E-state index contributed by atoms with van der Waals surface area (Å²) in [7, 11) is 0. The van der Waals surface area contributed by atoms with Gasteiger partial charge in [0.2, 0.25) is 0 Å². The topological polar surface area (TPSA) is 91.5 Å². The summed E-state index contributed by atoms with van der Waals surface area (Å²) in [6, 6.07) is 12.7. The largest absolute Gasteiger partial charge is 0.413 e. The highest BCUT2D eigenvalue weighted by atomic mass is 35.5. The minimum Gasteiger partial charge on any atom is -0.383 e. The smallest absolute Gasteiger partial charge is 0.383 e. The molecule has 5 rings (SSSR count). The van der Waals surface area contributed by atoms with Crippen molar-refractivity contribution in [3.05, 3.63) is 76.2 Å². The van der Waals surface area contributed by atoms with Gasteiger partial charge in [-0.2, -0.15) is 18.4 Å². The second-order valence-corrected chi connectivity index (χ2v) is 11.9. The molecule has 0 aliphatic heterocycles. The van der Waals surface area contributed by atoms with Crippen LogP contribution in [-0.2, 0) is 5.54 Å². The van der Waals surface area contributed by atoms with Gasteiger partial charge < -0.3 is 10.6 Å². The molecule has 0 bridgehead atoms. The van der Waals surface area contributed by atoms with E-state index < -0.39 is 17.8 Å². The number of nitriles is 1. The van der Waals surface area contributed by atoms with Gasteiger partial charge in [-0.15, -0.1) is 5.10 Å². The average Bonchev–Trinajstić information content (AvgIpc) is 3.57. The maximum absolute atomic E-state index is 13.8. The molecule has 7 nitrogen and oxygen atoms in total. The number of hydrogen-bond donors (Lipinski definition) is 2. The molecule has 0 saturated heterocycles. The number of benzene rings is 2. The first-order valence-electron chi connectivity index (χ1n) is 12.9. The van der Waals surface area contributed by atoms with Crippen molar-refractivity contribution < 1.29 is 13.2 Å². The lowest BCUT2D eigenvalue weighted by Crippen LogP contribution is -2.35. The lowest BCUT2D eigenvalue weighted by molar-refractivity contribution is -0.182. The van der Waals surface area contributed by atoms with Crippen LogP contribution in [0, 0.1) is 23.7 Å². The van der Waals surface area contributed by atoms with E-state index in [2.05, 4.69) is 52.8 Å². The fraction of sp³-hybridized carbons (Fsp3) is 0.379. The second-order valence-electron chi connectivity index (χ2n) is 11.5. The first kappa shape index (κ1) is 27.7. The normalized spacial score (nSPS) is 15.5. The maximum atomic E-state index is 13.8. The van der Waals surface area contributed by atoms with Gasteiger partial charge in [0, 0.05) is 23.8 Å². The number of aromatic nitrogens is 4. The van der Waals surface area contributed by atoms with Gasteiger partial charge in [0.1, 0.15) is 11.8 Å². The van der Waals surface area contributed by atoms with Crippen molar-refractivity contribution in [1.82, 2.24) is 20.0 Å². The summed E-state index contributed by atoms with van der Waals surface area (Å²) in [6.07, 6.45) is -1.60. The molecule has 2 N–H and O–H groups in total. The Balaban J connectivity index is 1.60. The highest BCUT2D eigenvalue weighted by Crippen LogP contribution is 2.55. The van der Waals surface area contributed by atoms with Gasteiger partial charge >= 0.3 is 6.18 Å². The summed E-state index contributed by atoms with van der Waals surface area (Å²) in [4.78, 5) is 4.41. The average molecular weight is 568 g/mol. The quantitative estimate of drug-likeness (QED) is 0.242. The van der Waals surface area contributed by atoms with Crippen LogP contribution in [0.3, 0.4) is 0 Å². The monoisotopic (exact) mass is 567 g/mol. The first-order chi connectivity index (χ1) is 18.8. The standard InChI is InChI=1S/C29H29ClF3N7/c1-17-7-5-6-8-20(17)26(23-15-40(39-38-23)28(9-10-28)29(31,32)33)37-19-11-21-24(36-16-27(2,3)4)18(13-34)14-35-25(21)22(30)12-19/h5-8,11-12,14-15,26,37H,9-10,16H2,1-4H3,(H,35,36). The number of aryl methyl sites for hydroxylation is 1. The zero-order valence-electron chi connectivity index (χ0n) is 22.6. The number of fused-ring (bicyclic) bond motifs is 1.